The number of ether oxygens (including phenoxy) is 2. The Labute approximate surface area is 162 Å². The normalized spacial score (nSPS) is 12.9. The lowest BCUT2D eigenvalue weighted by atomic mass is 10.2. The van der Waals surface area contributed by atoms with Crippen LogP contribution in [0.3, 0.4) is 0 Å². The number of sulfone groups is 1. The van der Waals surface area contributed by atoms with E-state index in [-0.39, 0.29) is 21.9 Å². The van der Waals surface area contributed by atoms with Gasteiger partial charge < -0.3 is 9.47 Å². The van der Waals surface area contributed by atoms with E-state index in [0.29, 0.717) is 6.07 Å². The summed E-state index contributed by atoms with van der Waals surface area (Å²) in [6.45, 7) is 0. The molecule has 0 aliphatic rings. The maximum atomic E-state index is 12.9. The molecule has 0 atom stereocenters. The first-order valence-electron chi connectivity index (χ1n) is 7.29. The number of hydrogen-bond donors (Lipinski definition) is 1. The van der Waals surface area contributed by atoms with Crippen LogP contribution >= 0.6 is 11.6 Å². The molecular weight excluding hydrogens is 454 g/mol. The molecule has 0 saturated carbocycles. The molecule has 0 fully saturated rings. The standard InChI is InChI=1S/C15H7ClF6N2O4S/c16-7-3-8(5-9(4-7)28-14(17,18)19)27-11-1-2-12(13-10(11)6-23-24-13)29(25,26)15(20,21)22/h1-6H,(H,23,24). The van der Waals surface area contributed by atoms with Crippen molar-refractivity contribution in [2.75, 3.05) is 0 Å². The van der Waals surface area contributed by atoms with Crippen LogP contribution in [-0.4, -0.2) is 30.5 Å². The Bertz CT molecular complexity index is 1170. The second-order valence-electron chi connectivity index (χ2n) is 5.44. The van der Waals surface area contributed by atoms with E-state index in [1.54, 1.807) is 0 Å². The third kappa shape index (κ3) is 4.34. The number of aromatic amines is 1. The molecule has 0 aliphatic carbocycles. The summed E-state index contributed by atoms with van der Waals surface area (Å²) in [5.41, 5.74) is -6.04. The Kier molecular flexibility index (Phi) is 5.07. The van der Waals surface area contributed by atoms with Crippen molar-refractivity contribution in [2.24, 2.45) is 0 Å². The Balaban J connectivity index is 2.04. The van der Waals surface area contributed by atoms with Gasteiger partial charge in [0.25, 0.3) is 9.84 Å². The van der Waals surface area contributed by atoms with Crippen molar-refractivity contribution in [2.45, 2.75) is 16.8 Å². The van der Waals surface area contributed by atoms with Crippen LogP contribution in [0.1, 0.15) is 0 Å². The highest BCUT2D eigenvalue weighted by atomic mass is 35.5. The average molecular weight is 461 g/mol. The van der Waals surface area contributed by atoms with Crippen molar-refractivity contribution in [1.29, 1.82) is 0 Å². The Morgan fingerprint density at radius 2 is 1.66 bits per heavy atom. The van der Waals surface area contributed by atoms with Gasteiger partial charge in [0.05, 0.1) is 17.1 Å². The van der Waals surface area contributed by atoms with Gasteiger partial charge in [-0.05, 0) is 24.3 Å². The molecule has 156 valence electrons. The van der Waals surface area contributed by atoms with E-state index >= 15 is 0 Å². The number of nitrogens with zero attached hydrogens (tertiary/aromatic N) is 1. The van der Waals surface area contributed by atoms with Gasteiger partial charge in [0, 0.05) is 11.1 Å². The van der Waals surface area contributed by atoms with Crippen molar-refractivity contribution >= 4 is 32.3 Å². The predicted octanol–water partition coefficient (Wildman–Crippen LogP) is 5.20. The van der Waals surface area contributed by atoms with Gasteiger partial charge in [-0.2, -0.15) is 18.3 Å². The lowest BCUT2D eigenvalue weighted by Gasteiger charge is -2.13. The zero-order valence-corrected chi connectivity index (χ0v) is 15.2. The molecule has 0 radical (unpaired) electrons. The van der Waals surface area contributed by atoms with Crippen LogP contribution in [0.4, 0.5) is 26.3 Å². The molecule has 0 amide bonds. The highest BCUT2D eigenvalue weighted by molar-refractivity contribution is 7.92. The molecule has 1 N–H and O–H groups in total. The number of fused-ring (bicyclic) bond motifs is 1. The SMILES string of the molecule is O=S(=O)(c1ccc(Oc2cc(Cl)cc(OC(F)(F)F)c2)c2cn[nH]c12)C(F)(F)F. The van der Waals surface area contributed by atoms with Crippen LogP contribution in [0, 0.1) is 0 Å². The van der Waals surface area contributed by atoms with E-state index in [4.69, 9.17) is 16.3 Å². The topological polar surface area (TPSA) is 81.3 Å². The number of halogens is 7. The predicted molar refractivity (Wildman–Crippen MR) is 87.5 cm³/mol. The zero-order valence-electron chi connectivity index (χ0n) is 13.6. The van der Waals surface area contributed by atoms with Crippen LogP contribution in [0.15, 0.2) is 41.4 Å². The molecule has 1 heterocycles. The van der Waals surface area contributed by atoms with Crippen molar-refractivity contribution < 1.29 is 44.2 Å². The fourth-order valence-electron chi connectivity index (χ4n) is 2.34. The van der Waals surface area contributed by atoms with E-state index in [0.717, 1.165) is 30.5 Å². The summed E-state index contributed by atoms with van der Waals surface area (Å²) in [4.78, 5) is -1.09. The molecule has 14 heteroatoms. The largest absolute Gasteiger partial charge is 0.573 e. The summed E-state index contributed by atoms with van der Waals surface area (Å²) in [7, 11) is -5.69. The Morgan fingerprint density at radius 1 is 1.00 bits per heavy atom. The quantitative estimate of drug-likeness (QED) is 0.541. The van der Waals surface area contributed by atoms with Gasteiger partial charge in [-0.25, -0.2) is 8.42 Å². The van der Waals surface area contributed by atoms with Gasteiger partial charge in [0.15, 0.2) is 0 Å². The van der Waals surface area contributed by atoms with E-state index in [1.165, 1.54) is 0 Å². The molecule has 3 rings (SSSR count). The number of benzene rings is 2. The summed E-state index contributed by atoms with van der Waals surface area (Å²) >= 11 is 5.73. The first kappa shape index (κ1) is 21.0. The zero-order chi connectivity index (χ0) is 21.6. The van der Waals surface area contributed by atoms with Crippen LogP contribution in [0.2, 0.25) is 5.02 Å². The number of rotatable bonds is 4. The first-order valence-corrected chi connectivity index (χ1v) is 9.16. The maximum absolute atomic E-state index is 12.9. The summed E-state index contributed by atoms with van der Waals surface area (Å²) in [6, 6.07) is 4.37. The van der Waals surface area contributed by atoms with Crippen molar-refractivity contribution in [3.05, 3.63) is 41.6 Å². The molecule has 1 aromatic heterocycles. The number of H-pyrrole nitrogens is 1. The third-order valence-electron chi connectivity index (χ3n) is 3.44. The van der Waals surface area contributed by atoms with Gasteiger partial charge in [0.1, 0.15) is 22.1 Å². The monoisotopic (exact) mass is 460 g/mol. The van der Waals surface area contributed by atoms with Crippen molar-refractivity contribution in [3.8, 4) is 17.2 Å². The van der Waals surface area contributed by atoms with Crippen molar-refractivity contribution in [1.82, 2.24) is 10.2 Å². The Morgan fingerprint density at radius 3 is 2.28 bits per heavy atom. The molecule has 3 aromatic rings. The molecular formula is C15H7ClF6N2O4S. The van der Waals surface area contributed by atoms with E-state index < -0.39 is 37.9 Å². The molecule has 0 unspecified atom stereocenters. The molecule has 0 spiro atoms. The second kappa shape index (κ2) is 6.99. The lowest BCUT2D eigenvalue weighted by Crippen LogP contribution is -2.23. The smallest absolute Gasteiger partial charge is 0.456 e. The van der Waals surface area contributed by atoms with Crippen LogP contribution in [0.25, 0.3) is 10.9 Å². The summed E-state index contributed by atoms with van der Waals surface area (Å²) in [6.07, 6.45) is -3.99. The maximum Gasteiger partial charge on any atom is 0.573 e. The van der Waals surface area contributed by atoms with Crippen molar-refractivity contribution in [3.63, 3.8) is 0 Å². The van der Waals surface area contributed by atoms with Gasteiger partial charge in [-0.15, -0.1) is 13.2 Å². The summed E-state index contributed by atoms with van der Waals surface area (Å²) in [5.74, 6) is -1.12. The molecule has 29 heavy (non-hydrogen) atoms. The molecule has 2 aromatic carbocycles. The molecule has 6 nitrogen and oxygen atoms in total. The highest BCUT2D eigenvalue weighted by Crippen LogP contribution is 2.39. The van der Waals surface area contributed by atoms with E-state index in [1.807, 2.05) is 0 Å². The van der Waals surface area contributed by atoms with Crippen LogP contribution in [0.5, 0.6) is 17.2 Å². The number of alkyl halides is 6. The number of nitrogens with one attached hydrogen (secondary N) is 1. The van der Waals surface area contributed by atoms with Gasteiger partial charge in [0.2, 0.25) is 0 Å². The summed E-state index contributed by atoms with van der Waals surface area (Å²) < 4.78 is 108. The minimum Gasteiger partial charge on any atom is -0.456 e. The lowest BCUT2D eigenvalue weighted by molar-refractivity contribution is -0.274. The van der Waals surface area contributed by atoms with E-state index in [9.17, 15) is 34.8 Å². The molecule has 0 saturated heterocycles. The van der Waals surface area contributed by atoms with Gasteiger partial charge in [-0.1, -0.05) is 11.6 Å². The minimum atomic E-state index is -5.69. The third-order valence-corrected chi connectivity index (χ3v) is 5.18. The second-order valence-corrected chi connectivity index (χ2v) is 7.79. The van der Waals surface area contributed by atoms with Crippen LogP contribution in [-0.2, 0) is 9.84 Å². The highest BCUT2D eigenvalue weighted by Gasteiger charge is 2.48. The number of hydrogen-bond acceptors (Lipinski definition) is 5. The number of aromatic nitrogens is 2. The van der Waals surface area contributed by atoms with Crippen LogP contribution < -0.4 is 9.47 Å². The average Bonchev–Trinajstić information content (AvgIpc) is 3.01. The molecule has 0 bridgehead atoms. The summed E-state index contributed by atoms with van der Waals surface area (Å²) in [5, 5.41) is 5.31. The van der Waals surface area contributed by atoms with E-state index in [2.05, 4.69) is 14.9 Å². The minimum absolute atomic E-state index is 0.159. The Hall–Kier alpha value is -2.67. The molecule has 0 aliphatic heterocycles. The first-order chi connectivity index (χ1) is 13.3. The fourth-order valence-corrected chi connectivity index (χ4v) is 3.47. The fraction of sp³-hybridized carbons (Fsp3) is 0.133. The van der Waals surface area contributed by atoms with Gasteiger partial charge in [-0.3, -0.25) is 5.10 Å². The van der Waals surface area contributed by atoms with Gasteiger partial charge >= 0.3 is 11.9 Å².